The number of aromatic nitrogens is 1. The van der Waals surface area contributed by atoms with Crippen LogP contribution in [0.1, 0.15) is 33.8 Å². The van der Waals surface area contributed by atoms with E-state index in [4.69, 9.17) is 16.1 Å². The molecule has 0 saturated carbocycles. The number of halogens is 1. The highest BCUT2D eigenvalue weighted by Gasteiger charge is 2.23. The van der Waals surface area contributed by atoms with E-state index in [1.54, 1.807) is 0 Å². The Balaban J connectivity index is 1.66. The minimum atomic E-state index is -0.240. The number of hydrogen-bond donors (Lipinski definition) is 1. The summed E-state index contributed by atoms with van der Waals surface area (Å²) in [6, 6.07) is 7.72. The predicted molar refractivity (Wildman–Crippen MR) is 87.9 cm³/mol. The van der Waals surface area contributed by atoms with Crippen LogP contribution in [-0.2, 0) is 12.8 Å². The summed E-state index contributed by atoms with van der Waals surface area (Å²) in [6.45, 7) is 0. The molecule has 4 rings (SSSR count). The molecule has 0 fully saturated rings. The lowest BCUT2D eigenvalue weighted by atomic mass is 9.98. The maximum absolute atomic E-state index is 12.5. The van der Waals surface area contributed by atoms with E-state index in [0.29, 0.717) is 15.8 Å². The molecular weight excluding hydrogens is 320 g/mol. The van der Waals surface area contributed by atoms with Crippen LogP contribution in [0.5, 0.6) is 0 Å². The molecule has 1 aromatic carbocycles. The van der Waals surface area contributed by atoms with Crippen molar-refractivity contribution in [2.24, 2.45) is 0 Å². The van der Waals surface area contributed by atoms with Crippen LogP contribution >= 0.6 is 22.9 Å². The van der Waals surface area contributed by atoms with Crippen molar-refractivity contribution in [3.63, 3.8) is 0 Å². The second kappa shape index (κ2) is 5.41. The number of fused-ring (bicyclic) bond motifs is 2. The van der Waals surface area contributed by atoms with Crippen molar-refractivity contribution < 1.29 is 9.32 Å². The first kappa shape index (κ1) is 13.8. The number of nitrogens with one attached hydrogen (secondary N) is 1. The third kappa shape index (κ3) is 2.21. The lowest BCUT2D eigenvalue weighted by molar-refractivity contribution is 0.102. The molecule has 4 nitrogen and oxygen atoms in total. The van der Waals surface area contributed by atoms with Crippen LogP contribution in [0.4, 0.5) is 5.88 Å². The van der Waals surface area contributed by atoms with Crippen molar-refractivity contribution in [3.05, 3.63) is 45.4 Å². The van der Waals surface area contributed by atoms with Gasteiger partial charge in [-0.15, -0.1) is 11.3 Å². The van der Waals surface area contributed by atoms with Gasteiger partial charge in [-0.2, -0.15) is 0 Å². The molecule has 6 heteroatoms. The summed E-state index contributed by atoms with van der Waals surface area (Å²) in [4.78, 5) is 13.0. The van der Waals surface area contributed by atoms with Gasteiger partial charge in [0, 0.05) is 15.6 Å². The topological polar surface area (TPSA) is 55.1 Å². The molecule has 0 spiro atoms. The Hall–Kier alpha value is -1.85. The Morgan fingerprint density at radius 1 is 1.27 bits per heavy atom. The van der Waals surface area contributed by atoms with Crippen molar-refractivity contribution in [2.75, 3.05) is 5.32 Å². The zero-order chi connectivity index (χ0) is 15.1. The van der Waals surface area contributed by atoms with E-state index >= 15 is 0 Å². The van der Waals surface area contributed by atoms with Gasteiger partial charge in [0.25, 0.3) is 5.91 Å². The van der Waals surface area contributed by atoms with Gasteiger partial charge in [0.2, 0.25) is 5.88 Å². The first-order valence-electron chi connectivity index (χ1n) is 7.20. The number of hydrogen-bond acceptors (Lipinski definition) is 4. The van der Waals surface area contributed by atoms with Gasteiger partial charge < -0.3 is 4.52 Å². The fourth-order valence-electron chi connectivity index (χ4n) is 2.81. The van der Waals surface area contributed by atoms with Crippen LogP contribution in [0.2, 0.25) is 5.02 Å². The minimum absolute atomic E-state index is 0.240. The molecule has 0 aliphatic heterocycles. The largest absolute Gasteiger partial charge is 0.338 e. The lowest BCUT2D eigenvalue weighted by Crippen LogP contribution is -2.12. The van der Waals surface area contributed by atoms with E-state index in [-0.39, 0.29) is 5.91 Å². The summed E-state index contributed by atoms with van der Waals surface area (Å²) in [6.07, 6.45) is 4.03. The Morgan fingerprint density at radius 2 is 2.09 bits per heavy atom. The maximum Gasteiger partial charge on any atom is 0.269 e. The van der Waals surface area contributed by atoms with E-state index in [2.05, 4.69) is 10.5 Å². The predicted octanol–water partition coefficient (Wildman–Crippen LogP) is 4.67. The molecule has 1 aliphatic rings. The van der Waals surface area contributed by atoms with Gasteiger partial charge in [-0.3, -0.25) is 10.1 Å². The van der Waals surface area contributed by atoms with Crippen molar-refractivity contribution in [1.29, 1.82) is 0 Å². The number of aryl methyl sites for hydroxylation is 1. The van der Waals surface area contributed by atoms with Crippen molar-refractivity contribution >= 4 is 44.8 Å². The highest BCUT2D eigenvalue weighted by atomic mass is 35.5. The molecular formula is C16H13ClN2O2S. The molecule has 3 aromatic rings. The van der Waals surface area contributed by atoms with Gasteiger partial charge in [-0.1, -0.05) is 35.0 Å². The fraction of sp³-hybridized carbons (Fsp3) is 0.250. The molecule has 0 saturated heterocycles. The molecule has 1 amide bonds. The zero-order valence-electron chi connectivity index (χ0n) is 11.7. The molecule has 1 aliphatic carbocycles. The monoisotopic (exact) mass is 332 g/mol. The average Bonchev–Trinajstić information content (AvgIpc) is 3.10. The van der Waals surface area contributed by atoms with Crippen LogP contribution < -0.4 is 5.32 Å². The average molecular weight is 333 g/mol. The standard InChI is InChI=1S/C16H13ClN2O2S/c17-13-10-6-2-4-8-12(10)22-14(13)15(20)18-16-9-5-1-3-7-11(9)19-21-16/h2,4,6,8H,1,3,5,7H2,(H,18,20). The van der Waals surface area contributed by atoms with E-state index in [0.717, 1.165) is 47.0 Å². The Kier molecular flexibility index (Phi) is 3.39. The fourth-order valence-corrected chi connectivity index (χ4v) is 4.22. The van der Waals surface area contributed by atoms with Crippen LogP contribution in [0.25, 0.3) is 10.1 Å². The number of carbonyl (C=O) groups excluding carboxylic acids is 1. The van der Waals surface area contributed by atoms with Gasteiger partial charge in [-0.25, -0.2) is 0 Å². The Labute approximate surface area is 136 Å². The first-order chi connectivity index (χ1) is 10.7. The van der Waals surface area contributed by atoms with Crippen LogP contribution in [0, 0.1) is 0 Å². The molecule has 0 unspecified atom stereocenters. The Morgan fingerprint density at radius 3 is 2.95 bits per heavy atom. The second-order valence-corrected chi connectivity index (χ2v) is 6.77. The minimum Gasteiger partial charge on any atom is -0.338 e. The summed E-state index contributed by atoms with van der Waals surface area (Å²) >= 11 is 7.72. The first-order valence-corrected chi connectivity index (χ1v) is 8.39. The molecule has 22 heavy (non-hydrogen) atoms. The molecule has 112 valence electrons. The zero-order valence-corrected chi connectivity index (χ0v) is 13.3. The number of anilines is 1. The number of benzene rings is 1. The molecule has 2 heterocycles. The van der Waals surface area contributed by atoms with Crippen molar-refractivity contribution in [2.45, 2.75) is 25.7 Å². The summed E-state index contributed by atoms with van der Waals surface area (Å²) in [7, 11) is 0. The number of rotatable bonds is 2. The van der Waals surface area contributed by atoms with Crippen LogP contribution in [0.15, 0.2) is 28.8 Å². The van der Waals surface area contributed by atoms with Crippen molar-refractivity contribution in [1.82, 2.24) is 5.16 Å². The second-order valence-electron chi connectivity index (χ2n) is 5.34. The summed E-state index contributed by atoms with van der Waals surface area (Å²) in [5.74, 6) is 0.226. The Bertz CT molecular complexity index is 868. The molecule has 0 bridgehead atoms. The maximum atomic E-state index is 12.5. The smallest absolute Gasteiger partial charge is 0.269 e. The van der Waals surface area contributed by atoms with Gasteiger partial charge in [-0.05, 0) is 31.7 Å². The molecule has 0 radical (unpaired) electrons. The highest BCUT2D eigenvalue weighted by Crippen LogP contribution is 2.36. The summed E-state index contributed by atoms with van der Waals surface area (Å²) in [5.41, 5.74) is 1.99. The van der Waals surface area contributed by atoms with E-state index in [1.165, 1.54) is 11.3 Å². The van der Waals surface area contributed by atoms with Gasteiger partial charge in [0.15, 0.2) is 0 Å². The summed E-state index contributed by atoms with van der Waals surface area (Å²) < 4.78 is 6.30. The van der Waals surface area contributed by atoms with E-state index < -0.39 is 0 Å². The van der Waals surface area contributed by atoms with Crippen molar-refractivity contribution in [3.8, 4) is 0 Å². The number of thiophene rings is 1. The normalized spacial score (nSPS) is 14.0. The third-order valence-corrected chi connectivity index (χ3v) is 5.60. The van der Waals surface area contributed by atoms with Gasteiger partial charge in [0.1, 0.15) is 4.88 Å². The highest BCUT2D eigenvalue weighted by molar-refractivity contribution is 7.21. The number of carbonyl (C=O) groups is 1. The quantitative estimate of drug-likeness (QED) is 0.741. The van der Waals surface area contributed by atoms with Crippen LogP contribution in [-0.4, -0.2) is 11.1 Å². The van der Waals surface area contributed by atoms with Crippen LogP contribution in [0.3, 0.4) is 0 Å². The van der Waals surface area contributed by atoms with Gasteiger partial charge >= 0.3 is 0 Å². The number of nitrogens with zero attached hydrogens (tertiary/aromatic N) is 1. The van der Waals surface area contributed by atoms with E-state index in [1.807, 2.05) is 24.3 Å². The molecule has 2 aromatic heterocycles. The van der Waals surface area contributed by atoms with Gasteiger partial charge in [0.05, 0.1) is 10.7 Å². The SMILES string of the molecule is O=C(Nc1onc2c1CCCC2)c1sc2ccccc2c1Cl. The number of amides is 1. The molecule has 0 atom stereocenters. The summed E-state index contributed by atoms with van der Waals surface area (Å²) in [5, 5.41) is 8.27. The lowest BCUT2D eigenvalue weighted by Gasteiger charge is -2.09. The molecule has 1 N–H and O–H groups in total. The van der Waals surface area contributed by atoms with E-state index in [9.17, 15) is 4.79 Å². The third-order valence-electron chi connectivity index (χ3n) is 3.93.